The third kappa shape index (κ3) is 3.97. The van der Waals surface area contributed by atoms with Gasteiger partial charge in [-0.05, 0) is 31.9 Å². The van der Waals surface area contributed by atoms with Crippen molar-refractivity contribution in [1.29, 1.82) is 0 Å². The highest BCUT2D eigenvalue weighted by Crippen LogP contribution is 2.24. The lowest BCUT2D eigenvalue weighted by Gasteiger charge is -2.28. The van der Waals surface area contributed by atoms with Crippen LogP contribution in [0.25, 0.3) is 0 Å². The van der Waals surface area contributed by atoms with Crippen molar-refractivity contribution in [3.05, 3.63) is 34.5 Å². The van der Waals surface area contributed by atoms with Crippen LogP contribution in [0.5, 0.6) is 0 Å². The average Bonchev–Trinajstić information content (AvgIpc) is 3.05. The summed E-state index contributed by atoms with van der Waals surface area (Å²) in [7, 11) is -3.35. The Balaban J connectivity index is 2.17. The van der Waals surface area contributed by atoms with Crippen molar-refractivity contribution < 1.29 is 13.2 Å². The van der Waals surface area contributed by atoms with Crippen LogP contribution in [-0.2, 0) is 21.4 Å². The Morgan fingerprint density at radius 2 is 2.27 bits per heavy atom. The minimum atomic E-state index is -3.35. The molecule has 1 aliphatic heterocycles. The standard InChI is InChI=1S/C15H22N2O3S2/c1-4-9-16(11-13-8-7-12(2)21-13)15(18)14-6-5-10-17(14)22(3,19)20/h4,7-8,14H,1,5-6,9-11H2,2-3H3/t14-/m0/s1. The normalized spacial score (nSPS) is 19.3. The van der Waals surface area contributed by atoms with Gasteiger partial charge >= 0.3 is 0 Å². The maximum absolute atomic E-state index is 12.8. The second-order valence-corrected chi connectivity index (χ2v) is 8.86. The first-order valence-electron chi connectivity index (χ1n) is 7.24. The van der Waals surface area contributed by atoms with Crippen LogP contribution >= 0.6 is 11.3 Å². The van der Waals surface area contributed by atoms with Crippen molar-refractivity contribution in [3.8, 4) is 0 Å². The topological polar surface area (TPSA) is 57.7 Å². The monoisotopic (exact) mass is 342 g/mol. The molecule has 2 heterocycles. The van der Waals surface area contributed by atoms with E-state index in [2.05, 4.69) is 6.58 Å². The SMILES string of the molecule is C=CCN(Cc1ccc(C)s1)C(=O)[C@@H]1CCCN1S(C)(=O)=O. The van der Waals surface area contributed by atoms with Crippen molar-refractivity contribution in [2.75, 3.05) is 19.3 Å². The highest BCUT2D eigenvalue weighted by atomic mass is 32.2. The molecule has 0 saturated carbocycles. The van der Waals surface area contributed by atoms with Crippen molar-refractivity contribution in [2.24, 2.45) is 0 Å². The van der Waals surface area contributed by atoms with E-state index in [0.29, 0.717) is 26.1 Å². The molecule has 0 spiro atoms. The van der Waals surface area contributed by atoms with Crippen LogP contribution in [0, 0.1) is 6.92 Å². The Bertz CT molecular complexity index is 651. The zero-order chi connectivity index (χ0) is 16.3. The lowest BCUT2D eigenvalue weighted by atomic mass is 10.2. The Labute approximate surface area is 136 Å². The third-order valence-corrected chi connectivity index (χ3v) is 5.99. The molecule has 1 fully saturated rings. The van der Waals surface area contributed by atoms with Gasteiger partial charge in [-0.2, -0.15) is 4.31 Å². The predicted octanol–water partition coefficient (Wildman–Crippen LogP) is 2.00. The molecule has 1 amide bonds. The van der Waals surface area contributed by atoms with Crippen LogP contribution in [0.1, 0.15) is 22.6 Å². The molecule has 1 aliphatic rings. The molecule has 7 heteroatoms. The lowest BCUT2D eigenvalue weighted by molar-refractivity contribution is -0.134. The van der Waals surface area contributed by atoms with Gasteiger partial charge in [0, 0.05) is 22.8 Å². The van der Waals surface area contributed by atoms with Gasteiger partial charge in [0.25, 0.3) is 0 Å². The van der Waals surface area contributed by atoms with E-state index in [1.165, 1.54) is 15.4 Å². The number of aryl methyl sites for hydroxylation is 1. The Hall–Kier alpha value is -1.18. The lowest BCUT2D eigenvalue weighted by Crippen LogP contribution is -2.47. The first-order chi connectivity index (χ1) is 10.3. The van der Waals surface area contributed by atoms with Gasteiger partial charge in [-0.25, -0.2) is 8.42 Å². The summed E-state index contributed by atoms with van der Waals surface area (Å²) in [6.07, 6.45) is 4.16. The van der Waals surface area contributed by atoms with E-state index in [4.69, 9.17) is 0 Å². The summed E-state index contributed by atoms with van der Waals surface area (Å²) in [5.74, 6) is -0.131. The molecular formula is C15H22N2O3S2. The van der Waals surface area contributed by atoms with Gasteiger partial charge in [-0.15, -0.1) is 17.9 Å². The third-order valence-electron chi connectivity index (χ3n) is 3.72. The Morgan fingerprint density at radius 1 is 1.55 bits per heavy atom. The first-order valence-corrected chi connectivity index (χ1v) is 9.91. The molecule has 2 rings (SSSR count). The van der Waals surface area contributed by atoms with Gasteiger partial charge in [0.1, 0.15) is 6.04 Å². The van der Waals surface area contributed by atoms with Gasteiger partial charge in [0.15, 0.2) is 0 Å². The quantitative estimate of drug-likeness (QED) is 0.743. The number of carbonyl (C=O) groups excluding carboxylic acids is 1. The molecule has 22 heavy (non-hydrogen) atoms. The summed E-state index contributed by atoms with van der Waals surface area (Å²) >= 11 is 1.65. The largest absolute Gasteiger partial charge is 0.332 e. The molecule has 0 aliphatic carbocycles. The van der Waals surface area contributed by atoms with Crippen molar-refractivity contribution in [1.82, 2.24) is 9.21 Å². The number of rotatable bonds is 6. The van der Waals surface area contributed by atoms with Gasteiger partial charge in [0.2, 0.25) is 15.9 Å². The zero-order valence-electron chi connectivity index (χ0n) is 13.0. The minimum Gasteiger partial charge on any atom is -0.332 e. The predicted molar refractivity (Wildman–Crippen MR) is 89.2 cm³/mol. The number of nitrogens with zero attached hydrogens (tertiary/aromatic N) is 2. The summed E-state index contributed by atoms with van der Waals surface area (Å²) in [6, 6.07) is 3.46. The van der Waals surface area contributed by atoms with E-state index in [1.54, 1.807) is 22.3 Å². The van der Waals surface area contributed by atoms with E-state index < -0.39 is 16.1 Å². The maximum Gasteiger partial charge on any atom is 0.241 e. The second-order valence-electron chi connectivity index (χ2n) is 5.55. The van der Waals surface area contributed by atoms with Crippen LogP contribution in [0.3, 0.4) is 0 Å². The molecule has 122 valence electrons. The van der Waals surface area contributed by atoms with Crippen LogP contribution in [0.4, 0.5) is 0 Å². The van der Waals surface area contributed by atoms with Crippen LogP contribution in [0.2, 0.25) is 0 Å². The van der Waals surface area contributed by atoms with E-state index in [9.17, 15) is 13.2 Å². The Morgan fingerprint density at radius 3 is 2.82 bits per heavy atom. The van der Waals surface area contributed by atoms with E-state index in [0.717, 1.165) is 11.3 Å². The molecular weight excluding hydrogens is 320 g/mol. The number of hydrogen-bond acceptors (Lipinski definition) is 4. The van der Waals surface area contributed by atoms with E-state index in [1.807, 2.05) is 19.1 Å². The summed E-state index contributed by atoms with van der Waals surface area (Å²) in [4.78, 5) is 16.8. The smallest absolute Gasteiger partial charge is 0.241 e. The van der Waals surface area contributed by atoms with Crippen LogP contribution in [-0.4, -0.2) is 48.9 Å². The fourth-order valence-corrected chi connectivity index (χ4v) is 4.77. The highest BCUT2D eigenvalue weighted by molar-refractivity contribution is 7.88. The summed E-state index contributed by atoms with van der Waals surface area (Å²) in [5.41, 5.74) is 0. The van der Waals surface area contributed by atoms with Crippen LogP contribution < -0.4 is 0 Å². The fraction of sp³-hybridized carbons (Fsp3) is 0.533. The van der Waals surface area contributed by atoms with Crippen LogP contribution in [0.15, 0.2) is 24.8 Å². The molecule has 1 saturated heterocycles. The molecule has 0 radical (unpaired) electrons. The number of hydrogen-bond donors (Lipinski definition) is 0. The minimum absolute atomic E-state index is 0.131. The molecule has 1 atom stereocenters. The summed E-state index contributed by atoms with van der Waals surface area (Å²) < 4.78 is 25.0. The molecule has 0 N–H and O–H groups in total. The van der Waals surface area contributed by atoms with Gasteiger partial charge in [-0.1, -0.05) is 6.08 Å². The molecule has 0 aromatic carbocycles. The van der Waals surface area contributed by atoms with E-state index in [-0.39, 0.29) is 5.91 Å². The van der Waals surface area contributed by atoms with Gasteiger partial charge in [0.05, 0.1) is 12.8 Å². The zero-order valence-corrected chi connectivity index (χ0v) is 14.6. The summed E-state index contributed by atoms with van der Waals surface area (Å²) in [5, 5.41) is 0. The average molecular weight is 342 g/mol. The fourth-order valence-electron chi connectivity index (χ4n) is 2.74. The van der Waals surface area contributed by atoms with Gasteiger partial charge < -0.3 is 4.90 Å². The molecule has 0 unspecified atom stereocenters. The van der Waals surface area contributed by atoms with Crippen molar-refractivity contribution in [2.45, 2.75) is 32.4 Å². The maximum atomic E-state index is 12.8. The highest BCUT2D eigenvalue weighted by Gasteiger charge is 2.38. The number of thiophene rings is 1. The van der Waals surface area contributed by atoms with Crippen molar-refractivity contribution in [3.63, 3.8) is 0 Å². The Kier molecular flexibility index (Phi) is 5.41. The van der Waals surface area contributed by atoms with Crippen molar-refractivity contribution >= 4 is 27.3 Å². The molecule has 1 aromatic heterocycles. The molecule has 1 aromatic rings. The molecule has 5 nitrogen and oxygen atoms in total. The summed E-state index contributed by atoms with van der Waals surface area (Å²) in [6.45, 7) is 7.07. The number of amides is 1. The first kappa shape index (κ1) is 17.2. The van der Waals surface area contributed by atoms with E-state index >= 15 is 0 Å². The molecule has 0 bridgehead atoms. The number of carbonyl (C=O) groups is 1. The number of sulfonamides is 1. The van der Waals surface area contributed by atoms with Gasteiger partial charge in [-0.3, -0.25) is 4.79 Å². The second kappa shape index (κ2) is 6.93.